The van der Waals surface area contributed by atoms with Gasteiger partial charge in [-0.05, 0) is 92.8 Å². The van der Waals surface area contributed by atoms with Gasteiger partial charge < -0.3 is 28.8 Å². The second-order valence-corrected chi connectivity index (χ2v) is 13.0. The molecule has 0 aliphatic heterocycles. The van der Waals surface area contributed by atoms with Crippen LogP contribution in [-0.4, -0.2) is 46.9 Å². The number of hydrogen-bond acceptors (Lipinski definition) is 8. The summed E-state index contributed by atoms with van der Waals surface area (Å²) in [6.07, 6.45) is -3.83. The Balaban J connectivity index is 0.000000210. The van der Waals surface area contributed by atoms with Crippen molar-refractivity contribution in [3.8, 4) is 23.0 Å². The van der Waals surface area contributed by atoms with E-state index in [1.807, 2.05) is 91.0 Å². The monoisotopic (exact) mass is 740 g/mol. The highest BCUT2D eigenvalue weighted by atomic mass is 19.4. The number of halogens is 3. The largest absolute Gasteiger partial charge is 0.493 e. The number of aryl methyl sites for hydroxylation is 2. The van der Waals surface area contributed by atoms with Gasteiger partial charge in [-0.3, -0.25) is 0 Å². The number of pyridine rings is 2. The first-order valence-electron chi connectivity index (χ1n) is 17.4. The quantitative estimate of drug-likeness (QED) is 0.118. The van der Waals surface area contributed by atoms with E-state index in [1.165, 1.54) is 7.11 Å². The van der Waals surface area contributed by atoms with Crippen LogP contribution >= 0.6 is 0 Å². The van der Waals surface area contributed by atoms with Gasteiger partial charge in [0.05, 0.1) is 36.6 Å². The van der Waals surface area contributed by atoms with Gasteiger partial charge in [0.1, 0.15) is 19.0 Å². The third kappa shape index (κ3) is 10.7. The molecule has 1 atom stereocenters. The number of carbonyl (C=O) groups is 1. The number of nitrogens with zero attached hydrogens (tertiary/aromatic N) is 2. The second kappa shape index (κ2) is 17.9. The van der Waals surface area contributed by atoms with Gasteiger partial charge in [0, 0.05) is 17.2 Å². The number of aliphatic hydroxyl groups is 1. The van der Waals surface area contributed by atoms with Gasteiger partial charge in [0.15, 0.2) is 28.6 Å². The second-order valence-electron chi connectivity index (χ2n) is 13.0. The topological polar surface area (TPSA) is 100 Å². The lowest BCUT2D eigenvalue weighted by atomic mass is 9.96. The van der Waals surface area contributed by atoms with Crippen molar-refractivity contribution in [2.45, 2.75) is 64.5 Å². The standard InChI is InChI=1S/C22H22F3NO3.C21H21NO3/c1-21(27,22(23,24)25)12-11-15-7-10-19(20(13-15)28-2)29-14-17-9-8-16-5-3-4-6-18(16)26-17;1-15(23)7-8-16-9-12-20(21(13-16)24-2)25-14-18-11-10-17-5-3-4-6-19(17)22-18/h3-10,13,27H,11-12,14H2,1-2H3;3-6,9-13H,7-8,14H2,1-2H3. The lowest BCUT2D eigenvalue weighted by molar-refractivity contribution is -0.254. The Hall–Kier alpha value is -5.68. The van der Waals surface area contributed by atoms with Gasteiger partial charge in [0.2, 0.25) is 0 Å². The summed E-state index contributed by atoms with van der Waals surface area (Å²) >= 11 is 0. The van der Waals surface area contributed by atoms with Gasteiger partial charge in [-0.1, -0.05) is 60.7 Å². The predicted molar refractivity (Wildman–Crippen MR) is 202 cm³/mol. The molecular formula is C43H43F3N2O6. The van der Waals surface area contributed by atoms with Crippen LogP contribution in [0.25, 0.3) is 21.8 Å². The SMILES string of the molecule is COc1cc(CCC(C)(O)C(F)(F)F)ccc1OCc1ccc2ccccc2n1.COc1cc(CCC(C)=O)ccc1OCc1ccc2ccccc2n1. The molecule has 0 radical (unpaired) electrons. The van der Waals surface area contributed by atoms with Crippen molar-refractivity contribution in [3.05, 3.63) is 132 Å². The molecule has 1 unspecified atom stereocenters. The highest BCUT2D eigenvalue weighted by molar-refractivity contribution is 5.79. The Bertz CT molecular complexity index is 2190. The van der Waals surface area contributed by atoms with Crippen LogP contribution in [0.1, 0.15) is 49.2 Å². The number of para-hydroxylation sites is 2. The molecule has 6 aromatic rings. The summed E-state index contributed by atoms with van der Waals surface area (Å²) in [7, 11) is 3.08. The fraction of sp³-hybridized carbons (Fsp3) is 0.279. The van der Waals surface area contributed by atoms with Gasteiger partial charge in [-0.2, -0.15) is 13.2 Å². The highest BCUT2D eigenvalue weighted by Crippen LogP contribution is 2.35. The van der Waals surface area contributed by atoms with E-state index in [9.17, 15) is 23.1 Å². The van der Waals surface area contributed by atoms with E-state index in [1.54, 1.807) is 32.2 Å². The van der Waals surface area contributed by atoms with Crippen molar-refractivity contribution in [3.63, 3.8) is 0 Å². The maximum absolute atomic E-state index is 12.8. The molecule has 0 saturated carbocycles. The molecule has 0 aliphatic carbocycles. The van der Waals surface area contributed by atoms with Crippen molar-refractivity contribution >= 4 is 27.6 Å². The van der Waals surface area contributed by atoms with E-state index in [4.69, 9.17) is 18.9 Å². The van der Waals surface area contributed by atoms with Crippen LogP contribution in [0.2, 0.25) is 0 Å². The molecule has 54 heavy (non-hydrogen) atoms. The van der Waals surface area contributed by atoms with Crippen LogP contribution < -0.4 is 18.9 Å². The van der Waals surface area contributed by atoms with Gasteiger partial charge >= 0.3 is 6.18 Å². The number of methoxy groups -OCH3 is 2. The number of ketones is 1. The summed E-state index contributed by atoms with van der Waals surface area (Å²) < 4.78 is 60.8. The lowest BCUT2D eigenvalue weighted by Crippen LogP contribution is -2.42. The fourth-order valence-electron chi connectivity index (χ4n) is 5.50. The minimum atomic E-state index is -4.67. The molecular weight excluding hydrogens is 697 g/mol. The Labute approximate surface area is 312 Å². The lowest BCUT2D eigenvalue weighted by Gasteiger charge is -2.26. The minimum Gasteiger partial charge on any atom is -0.493 e. The average molecular weight is 741 g/mol. The maximum Gasteiger partial charge on any atom is 0.416 e. The third-order valence-corrected chi connectivity index (χ3v) is 8.80. The van der Waals surface area contributed by atoms with Crippen LogP contribution in [0.4, 0.5) is 13.2 Å². The molecule has 0 bridgehead atoms. The number of rotatable bonds is 14. The summed E-state index contributed by atoms with van der Waals surface area (Å²) in [5, 5.41) is 11.7. The molecule has 11 heteroatoms. The number of ether oxygens (including phenoxy) is 4. The summed E-state index contributed by atoms with van der Waals surface area (Å²) in [4.78, 5) is 20.3. The molecule has 6 rings (SSSR count). The number of Topliss-reactive ketones (excluding diaryl/α,β-unsaturated/α-hetero) is 1. The molecule has 8 nitrogen and oxygen atoms in total. The van der Waals surface area contributed by atoms with E-state index in [0.29, 0.717) is 48.0 Å². The van der Waals surface area contributed by atoms with Gasteiger partial charge in [0.25, 0.3) is 0 Å². The van der Waals surface area contributed by atoms with E-state index in [2.05, 4.69) is 9.97 Å². The zero-order chi connectivity index (χ0) is 38.7. The van der Waals surface area contributed by atoms with Gasteiger partial charge in [-0.15, -0.1) is 0 Å². The van der Waals surface area contributed by atoms with E-state index >= 15 is 0 Å². The van der Waals surface area contributed by atoms with Crippen LogP contribution in [0.3, 0.4) is 0 Å². The Morgan fingerprint density at radius 1 is 0.648 bits per heavy atom. The zero-order valence-electron chi connectivity index (χ0n) is 30.7. The summed E-state index contributed by atoms with van der Waals surface area (Å²) in [5.74, 6) is 2.40. The molecule has 2 aromatic heterocycles. The summed E-state index contributed by atoms with van der Waals surface area (Å²) in [6.45, 7) is 2.97. The van der Waals surface area contributed by atoms with E-state index in [0.717, 1.165) is 45.7 Å². The highest BCUT2D eigenvalue weighted by Gasteiger charge is 2.49. The van der Waals surface area contributed by atoms with Crippen molar-refractivity contribution in [1.29, 1.82) is 0 Å². The fourth-order valence-corrected chi connectivity index (χ4v) is 5.50. The summed E-state index contributed by atoms with van der Waals surface area (Å²) in [6, 6.07) is 34.3. The van der Waals surface area contributed by atoms with Gasteiger partial charge in [-0.25, -0.2) is 9.97 Å². The molecule has 0 spiro atoms. The van der Waals surface area contributed by atoms with E-state index in [-0.39, 0.29) is 18.8 Å². The average Bonchev–Trinajstić information content (AvgIpc) is 3.17. The minimum absolute atomic E-state index is 0.0510. The van der Waals surface area contributed by atoms with E-state index < -0.39 is 18.2 Å². The molecule has 2 heterocycles. The number of carbonyl (C=O) groups excluding carboxylic acids is 1. The molecule has 0 saturated heterocycles. The molecule has 0 aliphatic rings. The molecule has 0 fully saturated rings. The molecule has 4 aromatic carbocycles. The summed E-state index contributed by atoms with van der Waals surface area (Å²) in [5.41, 5.74) is 2.36. The number of aromatic nitrogens is 2. The van der Waals surface area contributed by atoms with Crippen LogP contribution in [-0.2, 0) is 30.8 Å². The normalized spacial score (nSPS) is 12.4. The van der Waals surface area contributed by atoms with Crippen LogP contribution in [0.15, 0.2) is 109 Å². The van der Waals surface area contributed by atoms with Crippen LogP contribution in [0.5, 0.6) is 23.0 Å². The Kier molecular flexibility index (Phi) is 13.1. The molecule has 0 amide bonds. The van der Waals surface area contributed by atoms with Crippen molar-refractivity contribution in [2.24, 2.45) is 0 Å². The molecule has 282 valence electrons. The first-order valence-corrected chi connectivity index (χ1v) is 17.4. The van der Waals surface area contributed by atoms with Crippen molar-refractivity contribution in [1.82, 2.24) is 9.97 Å². The third-order valence-electron chi connectivity index (χ3n) is 8.80. The molecule has 1 N–H and O–H groups in total. The van der Waals surface area contributed by atoms with Crippen molar-refractivity contribution < 1.29 is 42.0 Å². The Morgan fingerprint density at radius 2 is 1.11 bits per heavy atom. The first kappa shape index (κ1) is 39.5. The number of benzene rings is 4. The Morgan fingerprint density at radius 3 is 1.56 bits per heavy atom. The van der Waals surface area contributed by atoms with Crippen LogP contribution in [0, 0.1) is 0 Å². The number of alkyl halides is 3. The maximum atomic E-state index is 12.8. The number of fused-ring (bicyclic) bond motifs is 2. The number of hydrogen-bond donors (Lipinski definition) is 1. The zero-order valence-corrected chi connectivity index (χ0v) is 30.7. The van der Waals surface area contributed by atoms with Crippen molar-refractivity contribution in [2.75, 3.05) is 14.2 Å². The smallest absolute Gasteiger partial charge is 0.416 e. The predicted octanol–water partition coefficient (Wildman–Crippen LogP) is 9.41. The first-order chi connectivity index (χ1) is 25.8.